The molecule has 5 heterocycles. The number of hydrogen-bond donors (Lipinski definition) is 8. The van der Waals surface area contributed by atoms with E-state index in [0.29, 0.717) is 29.7 Å². The first-order chi connectivity index (χ1) is 21.9. The van der Waals surface area contributed by atoms with Gasteiger partial charge in [0, 0.05) is 53.1 Å². The Hall–Kier alpha value is -3.81. The number of aliphatic carboxylic acids is 2. The van der Waals surface area contributed by atoms with Crippen molar-refractivity contribution < 1.29 is 34.5 Å². The fourth-order valence-electron chi connectivity index (χ4n) is 7.56. The Morgan fingerprint density at radius 3 is 2.43 bits per heavy atom. The first kappa shape index (κ1) is 33.6. The van der Waals surface area contributed by atoms with Crippen molar-refractivity contribution in [1.82, 2.24) is 26.1 Å². The van der Waals surface area contributed by atoms with E-state index in [-0.39, 0.29) is 61.5 Å². The summed E-state index contributed by atoms with van der Waals surface area (Å²) in [6, 6.07) is -0.648. The number of hydrogen-bond acceptors (Lipinski definition) is 8. The number of carboxylic acid groups (broad SMARTS) is 2. The van der Waals surface area contributed by atoms with Crippen LogP contribution in [-0.4, -0.2) is 79.2 Å². The molecular formula is C33H43N5O7S. The molecule has 13 heteroatoms. The maximum Gasteiger partial charge on any atom is 0.303 e. The van der Waals surface area contributed by atoms with E-state index in [2.05, 4.69) is 40.3 Å². The lowest BCUT2D eigenvalue weighted by Gasteiger charge is -2.19. The number of rotatable bonds is 14. The van der Waals surface area contributed by atoms with Crippen LogP contribution < -0.4 is 26.8 Å². The minimum atomic E-state index is -0.919. The van der Waals surface area contributed by atoms with Crippen LogP contribution in [0.25, 0.3) is 12.2 Å². The van der Waals surface area contributed by atoms with E-state index < -0.39 is 23.6 Å². The minimum Gasteiger partial charge on any atom is -0.481 e. The molecule has 0 spiro atoms. The average Bonchev–Trinajstić information content (AvgIpc) is 3.27. The van der Waals surface area contributed by atoms with Crippen LogP contribution >= 0.6 is 12.6 Å². The Morgan fingerprint density at radius 1 is 1.09 bits per heavy atom. The van der Waals surface area contributed by atoms with Crippen molar-refractivity contribution in [2.75, 3.05) is 12.4 Å². The van der Waals surface area contributed by atoms with Crippen molar-refractivity contribution in [3.63, 3.8) is 0 Å². The van der Waals surface area contributed by atoms with Crippen LogP contribution in [0.4, 0.5) is 0 Å². The predicted molar refractivity (Wildman–Crippen MR) is 174 cm³/mol. The second-order valence-corrected chi connectivity index (χ2v) is 13.1. The predicted octanol–water partition coefficient (Wildman–Crippen LogP) is 0.620. The molecule has 0 radical (unpaired) electrons. The third-order valence-electron chi connectivity index (χ3n) is 10.2. The number of amides is 2. The number of carboxylic acids is 2. The summed E-state index contributed by atoms with van der Waals surface area (Å²) >= 11 is 4.40. The SMILES string of the molecule is C=CC1=C(CO)[C@@H](CC2=C(C)C(CCC(=O)O)[C@]3(/C=c4\[nH]/c(=C/C5NC(=O)[C@H](C)[C@H]5CCS)c(C)c4CCC(=O)O)NN23)NC1=O. The Kier molecular flexibility index (Phi) is 9.57. The van der Waals surface area contributed by atoms with E-state index in [1.807, 2.05) is 37.9 Å². The molecule has 6 atom stereocenters. The Labute approximate surface area is 272 Å². The number of carbonyl (C=O) groups is 4. The summed E-state index contributed by atoms with van der Waals surface area (Å²) in [6.07, 6.45) is 7.13. The highest BCUT2D eigenvalue weighted by Crippen LogP contribution is 2.53. The van der Waals surface area contributed by atoms with Crippen molar-refractivity contribution in [1.29, 1.82) is 0 Å². The van der Waals surface area contributed by atoms with Crippen molar-refractivity contribution in [3.05, 3.63) is 56.9 Å². The molecule has 12 nitrogen and oxygen atoms in total. The van der Waals surface area contributed by atoms with Crippen molar-refractivity contribution in [3.8, 4) is 0 Å². The molecule has 4 aliphatic heterocycles. The maximum atomic E-state index is 12.6. The fourth-order valence-corrected chi connectivity index (χ4v) is 7.86. The Balaban J connectivity index is 1.56. The molecule has 0 aliphatic carbocycles. The van der Waals surface area contributed by atoms with Gasteiger partial charge in [0.2, 0.25) is 5.91 Å². The molecule has 2 fully saturated rings. The molecule has 4 aliphatic rings. The van der Waals surface area contributed by atoms with Gasteiger partial charge in [-0.2, -0.15) is 12.6 Å². The number of hydrazine groups is 1. The van der Waals surface area contributed by atoms with Crippen LogP contribution in [0.15, 0.2) is 35.1 Å². The summed E-state index contributed by atoms with van der Waals surface area (Å²) in [5, 5.41) is 38.7. The van der Waals surface area contributed by atoms with Crippen molar-refractivity contribution in [2.24, 2.45) is 17.8 Å². The minimum absolute atomic E-state index is 0.00832. The van der Waals surface area contributed by atoms with E-state index >= 15 is 0 Å². The van der Waals surface area contributed by atoms with E-state index in [4.69, 9.17) is 0 Å². The van der Waals surface area contributed by atoms with Gasteiger partial charge in [-0.3, -0.25) is 24.2 Å². The Bertz CT molecular complexity index is 1660. The molecular weight excluding hydrogens is 610 g/mol. The molecule has 46 heavy (non-hydrogen) atoms. The number of thiol groups is 1. The molecule has 248 valence electrons. The zero-order valence-corrected chi connectivity index (χ0v) is 27.2. The number of aromatic amines is 1. The molecule has 7 N–H and O–H groups in total. The molecule has 1 aromatic rings. The molecule has 0 saturated carbocycles. The number of aromatic nitrogens is 1. The molecule has 0 bridgehead atoms. The zero-order chi connectivity index (χ0) is 33.5. The highest BCUT2D eigenvalue weighted by Gasteiger charge is 2.62. The zero-order valence-electron chi connectivity index (χ0n) is 26.4. The summed E-state index contributed by atoms with van der Waals surface area (Å²) in [4.78, 5) is 51.9. The monoisotopic (exact) mass is 653 g/mol. The number of fused-ring (bicyclic) bond motifs is 1. The van der Waals surface area contributed by atoms with Crippen LogP contribution in [0.2, 0.25) is 0 Å². The number of aliphatic hydroxyl groups excluding tert-OH is 1. The largest absolute Gasteiger partial charge is 0.481 e. The standard InChI is InChI=1S/C33H43N5O7S/c1-5-19-22(15-39)26(36-32(19)45)13-28-18(4)23(7-9-30(42)43)33(37-38(28)33)14-27-20(6-8-29(40)41)16(2)24(34-27)12-25-21(10-11-46)17(3)31(44)35-25/h5,12,14,17,21,23,25-26,34,37,39,46H,1,6-11,13,15H2,2-4H3,(H,35,44)(H,36,45)(H,40,41)(H,42,43)/b24-12+,27-14-/t17-,21-,23?,25?,26-,33-,38?/m1/s1. The molecule has 2 saturated heterocycles. The van der Waals surface area contributed by atoms with Gasteiger partial charge in [0.05, 0.1) is 18.7 Å². The lowest BCUT2D eigenvalue weighted by Crippen LogP contribution is -2.31. The molecule has 5 rings (SSSR count). The van der Waals surface area contributed by atoms with E-state index in [1.165, 1.54) is 6.08 Å². The van der Waals surface area contributed by atoms with Gasteiger partial charge < -0.3 is 30.9 Å². The van der Waals surface area contributed by atoms with Crippen LogP contribution in [-0.2, 0) is 25.6 Å². The van der Waals surface area contributed by atoms with Crippen LogP contribution in [0.3, 0.4) is 0 Å². The van der Waals surface area contributed by atoms with Gasteiger partial charge in [-0.25, -0.2) is 5.43 Å². The van der Waals surface area contributed by atoms with Crippen molar-refractivity contribution in [2.45, 2.75) is 77.0 Å². The third kappa shape index (κ3) is 6.03. The van der Waals surface area contributed by atoms with E-state index in [1.54, 1.807) is 0 Å². The molecule has 1 aromatic heterocycles. The molecule has 0 aromatic carbocycles. The van der Waals surface area contributed by atoms with Crippen LogP contribution in [0.5, 0.6) is 0 Å². The second-order valence-electron chi connectivity index (χ2n) is 12.7. The van der Waals surface area contributed by atoms with Gasteiger partial charge in [0.1, 0.15) is 5.66 Å². The smallest absolute Gasteiger partial charge is 0.303 e. The highest BCUT2D eigenvalue weighted by molar-refractivity contribution is 7.80. The summed E-state index contributed by atoms with van der Waals surface area (Å²) in [7, 11) is 0. The third-order valence-corrected chi connectivity index (χ3v) is 10.4. The number of nitrogens with zero attached hydrogens (tertiary/aromatic N) is 1. The van der Waals surface area contributed by atoms with Gasteiger partial charge in [-0.15, -0.1) is 0 Å². The van der Waals surface area contributed by atoms with Gasteiger partial charge in [0.25, 0.3) is 5.91 Å². The first-order valence-corrected chi connectivity index (χ1v) is 16.3. The summed E-state index contributed by atoms with van der Waals surface area (Å²) < 4.78 is 0. The quantitative estimate of drug-likeness (QED) is 0.105. The second kappa shape index (κ2) is 13.1. The lowest BCUT2D eigenvalue weighted by molar-refractivity contribution is -0.138. The first-order valence-electron chi connectivity index (χ1n) is 15.7. The normalized spacial score (nSPS) is 29.5. The number of carbonyl (C=O) groups excluding carboxylic acids is 2. The maximum absolute atomic E-state index is 12.6. The van der Waals surface area contributed by atoms with Crippen molar-refractivity contribution >= 4 is 48.5 Å². The number of H-pyrrole nitrogens is 1. The van der Waals surface area contributed by atoms with Gasteiger partial charge >= 0.3 is 11.9 Å². The van der Waals surface area contributed by atoms with Gasteiger partial charge in [0.15, 0.2) is 0 Å². The van der Waals surface area contributed by atoms with Crippen LogP contribution in [0, 0.1) is 24.7 Å². The van der Waals surface area contributed by atoms with E-state index in [9.17, 15) is 34.5 Å². The average molecular weight is 654 g/mol. The summed E-state index contributed by atoms with van der Waals surface area (Å²) in [5.74, 6) is -1.80. The molecule has 2 unspecified atom stereocenters. The number of nitrogens with one attached hydrogen (secondary N) is 4. The van der Waals surface area contributed by atoms with E-state index in [0.717, 1.165) is 39.5 Å². The number of aliphatic hydroxyl groups is 1. The lowest BCUT2D eigenvalue weighted by atomic mass is 9.86. The Morgan fingerprint density at radius 2 is 1.80 bits per heavy atom. The molecule has 2 amide bonds. The van der Waals surface area contributed by atoms with Gasteiger partial charge in [-0.05, 0) is 79.2 Å². The summed E-state index contributed by atoms with van der Waals surface area (Å²) in [6.45, 7) is 9.24. The highest BCUT2D eigenvalue weighted by atomic mass is 32.1. The summed E-state index contributed by atoms with van der Waals surface area (Å²) in [5.41, 5.74) is 7.23. The van der Waals surface area contributed by atoms with Crippen LogP contribution in [0.1, 0.15) is 57.1 Å². The van der Waals surface area contributed by atoms with Gasteiger partial charge in [-0.1, -0.05) is 19.6 Å². The fraction of sp³-hybridized carbons (Fsp3) is 0.515. The topological polar surface area (TPSA) is 194 Å².